The highest BCUT2D eigenvalue weighted by atomic mass is 16.3. The van der Waals surface area contributed by atoms with Crippen LogP contribution in [0, 0.1) is 6.92 Å². The second-order valence-electron chi connectivity index (χ2n) is 7.52. The fourth-order valence-electron chi connectivity index (χ4n) is 3.65. The molecule has 4 aromatic rings. The van der Waals surface area contributed by atoms with Crippen LogP contribution in [0.25, 0.3) is 33.4 Å². The zero-order valence-electron chi connectivity index (χ0n) is 17.9. The maximum absolute atomic E-state index is 12.8. The minimum absolute atomic E-state index is 0.117. The molecule has 0 aliphatic rings. The number of carbonyl (C=O) groups excluding carboxylic acids is 2. The van der Waals surface area contributed by atoms with Crippen molar-refractivity contribution in [2.45, 2.75) is 6.92 Å². The summed E-state index contributed by atoms with van der Waals surface area (Å²) < 4.78 is 6.10. The summed E-state index contributed by atoms with van der Waals surface area (Å²) in [6, 6.07) is 20.7. The Labute approximate surface area is 185 Å². The summed E-state index contributed by atoms with van der Waals surface area (Å²) in [5.41, 5.74) is 5.23. The molecule has 2 amide bonds. The summed E-state index contributed by atoms with van der Waals surface area (Å²) in [5.74, 6) is 0.0419. The normalized spacial score (nSPS) is 10.8. The lowest BCUT2D eigenvalue weighted by molar-refractivity contribution is 0.0942. The molecule has 0 atom stereocenters. The molecule has 1 heterocycles. The Balaban J connectivity index is 1.81. The van der Waals surface area contributed by atoms with Gasteiger partial charge in [-0.25, -0.2) is 0 Å². The van der Waals surface area contributed by atoms with Gasteiger partial charge in [0.25, 0.3) is 11.8 Å². The summed E-state index contributed by atoms with van der Waals surface area (Å²) in [5, 5.41) is 15.0. The molecule has 0 spiro atoms. The highest BCUT2D eigenvalue weighted by molar-refractivity contribution is 6.11. The monoisotopic (exact) mass is 428 g/mol. The Morgan fingerprint density at radius 2 is 1.62 bits per heavy atom. The van der Waals surface area contributed by atoms with Gasteiger partial charge in [0.05, 0.1) is 12.2 Å². The van der Waals surface area contributed by atoms with Gasteiger partial charge in [-0.3, -0.25) is 9.59 Å². The maximum Gasteiger partial charge on any atom is 0.255 e. The number of furan rings is 1. The molecule has 0 radical (unpaired) electrons. The maximum atomic E-state index is 12.8. The molecule has 3 N–H and O–H groups in total. The van der Waals surface area contributed by atoms with Crippen LogP contribution in [0.2, 0.25) is 0 Å². The van der Waals surface area contributed by atoms with E-state index in [1.54, 1.807) is 25.2 Å². The van der Waals surface area contributed by atoms with Crippen molar-refractivity contribution in [1.82, 2.24) is 10.6 Å². The van der Waals surface area contributed by atoms with Crippen molar-refractivity contribution in [2.24, 2.45) is 0 Å². The van der Waals surface area contributed by atoms with Crippen LogP contribution in [0.1, 0.15) is 26.3 Å². The fourth-order valence-corrected chi connectivity index (χ4v) is 3.65. The molecule has 162 valence electrons. The summed E-state index contributed by atoms with van der Waals surface area (Å²) in [6.07, 6.45) is 0. The number of rotatable bonds is 6. The molecule has 0 saturated heterocycles. The first kappa shape index (κ1) is 21.3. The Morgan fingerprint density at radius 1 is 0.906 bits per heavy atom. The van der Waals surface area contributed by atoms with Gasteiger partial charge in [0.1, 0.15) is 11.3 Å². The lowest BCUT2D eigenvalue weighted by Crippen LogP contribution is -2.26. The van der Waals surface area contributed by atoms with Gasteiger partial charge in [0.2, 0.25) is 0 Å². The Bertz CT molecular complexity index is 1290. The minimum atomic E-state index is -0.252. The topological polar surface area (TPSA) is 91.6 Å². The molecule has 0 fully saturated rings. The zero-order valence-corrected chi connectivity index (χ0v) is 17.9. The molecule has 0 aliphatic heterocycles. The number of aliphatic hydroxyl groups is 1. The lowest BCUT2D eigenvalue weighted by atomic mass is 9.98. The van der Waals surface area contributed by atoms with Crippen LogP contribution in [0.3, 0.4) is 0 Å². The number of aryl methyl sites for hydroxylation is 1. The summed E-state index contributed by atoms with van der Waals surface area (Å²) in [4.78, 5) is 25.1. The first-order valence-corrected chi connectivity index (χ1v) is 10.4. The third-order valence-electron chi connectivity index (χ3n) is 5.31. The van der Waals surface area contributed by atoms with Gasteiger partial charge >= 0.3 is 0 Å². The molecule has 0 unspecified atom stereocenters. The van der Waals surface area contributed by atoms with Crippen LogP contribution in [0.15, 0.2) is 71.1 Å². The molecule has 1 aromatic heterocycles. The van der Waals surface area contributed by atoms with Crippen molar-refractivity contribution in [1.29, 1.82) is 0 Å². The second kappa shape index (κ2) is 9.08. The highest BCUT2D eigenvalue weighted by Gasteiger charge is 2.22. The van der Waals surface area contributed by atoms with Crippen LogP contribution in [-0.2, 0) is 0 Å². The number of hydrogen-bond acceptors (Lipinski definition) is 4. The average Bonchev–Trinajstić information content (AvgIpc) is 3.21. The van der Waals surface area contributed by atoms with E-state index >= 15 is 0 Å². The smallest absolute Gasteiger partial charge is 0.255 e. The molecular weight excluding hydrogens is 404 g/mol. The van der Waals surface area contributed by atoms with E-state index < -0.39 is 0 Å². The SMILES string of the molecule is CNC(=O)c1c(-c2ccc(C)cc2)oc2ccc(-c3cccc(C(=O)NCCO)c3)cc12. The van der Waals surface area contributed by atoms with Gasteiger partial charge in [-0.05, 0) is 42.3 Å². The summed E-state index contributed by atoms with van der Waals surface area (Å²) in [7, 11) is 1.60. The van der Waals surface area contributed by atoms with Crippen LogP contribution >= 0.6 is 0 Å². The standard InChI is InChI=1S/C26H24N2O4/c1-16-6-8-17(9-7-16)24-23(26(31)27-2)21-15-19(10-11-22(21)32-24)18-4-3-5-20(14-18)25(30)28-12-13-29/h3-11,14-15,29H,12-13H2,1-2H3,(H,27,31)(H,28,30). The van der Waals surface area contributed by atoms with Gasteiger partial charge in [-0.2, -0.15) is 0 Å². The van der Waals surface area contributed by atoms with E-state index in [1.165, 1.54) is 0 Å². The van der Waals surface area contributed by atoms with Crippen LogP contribution < -0.4 is 10.6 Å². The Morgan fingerprint density at radius 3 is 2.34 bits per heavy atom. The number of nitrogens with one attached hydrogen (secondary N) is 2. The van der Waals surface area contributed by atoms with E-state index in [2.05, 4.69) is 10.6 Å². The van der Waals surface area contributed by atoms with Crippen LogP contribution in [0.4, 0.5) is 0 Å². The van der Waals surface area contributed by atoms with E-state index in [4.69, 9.17) is 9.52 Å². The number of fused-ring (bicyclic) bond motifs is 1. The van der Waals surface area contributed by atoms with E-state index in [0.717, 1.165) is 22.3 Å². The second-order valence-corrected chi connectivity index (χ2v) is 7.52. The van der Waals surface area contributed by atoms with Gasteiger partial charge in [-0.15, -0.1) is 0 Å². The molecule has 6 heteroatoms. The van der Waals surface area contributed by atoms with Gasteiger partial charge in [0.15, 0.2) is 0 Å². The summed E-state index contributed by atoms with van der Waals surface area (Å²) in [6.45, 7) is 2.09. The molecule has 32 heavy (non-hydrogen) atoms. The van der Waals surface area contributed by atoms with Gasteiger partial charge in [0, 0.05) is 30.1 Å². The molecule has 3 aromatic carbocycles. The van der Waals surface area contributed by atoms with Crippen molar-refractivity contribution < 1.29 is 19.1 Å². The predicted molar refractivity (Wildman–Crippen MR) is 125 cm³/mol. The predicted octanol–water partition coefficient (Wildman–Crippen LogP) is 4.16. The molecular formula is C26H24N2O4. The van der Waals surface area contributed by atoms with Crippen LogP contribution in [0.5, 0.6) is 0 Å². The molecule has 0 bridgehead atoms. The first-order chi connectivity index (χ1) is 15.5. The number of benzene rings is 3. The van der Waals surface area contributed by atoms with E-state index in [-0.39, 0.29) is 25.0 Å². The number of hydrogen-bond donors (Lipinski definition) is 3. The van der Waals surface area contributed by atoms with Crippen molar-refractivity contribution in [2.75, 3.05) is 20.2 Å². The molecule has 0 aliphatic carbocycles. The number of amides is 2. The van der Waals surface area contributed by atoms with Crippen molar-refractivity contribution in [3.63, 3.8) is 0 Å². The third kappa shape index (κ3) is 4.13. The van der Waals surface area contributed by atoms with Gasteiger partial charge in [-0.1, -0.05) is 48.0 Å². The quantitative estimate of drug-likeness (QED) is 0.430. The third-order valence-corrected chi connectivity index (χ3v) is 5.31. The van der Waals surface area contributed by atoms with Crippen molar-refractivity contribution in [3.05, 3.63) is 83.4 Å². The lowest BCUT2D eigenvalue weighted by Gasteiger charge is -2.07. The molecule has 0 saturated carbocycles. The van der Waals surface area contributed by atoms with Crippen molar-refractivity contribution in [3.8, 4) is 22.5 Å². The number of carbonyl (C=O) groups is 2. The highest BCUT2D eigenvalue weighted by Crippen LogP contribution is 2.36. The van der Waals surface area contributed by atoms with E-state index in [9.17, 15) is 9.59 Å². The Kier molecular flexibility index (Phi) is 6.05. The molecule has 6 nitrogen and oxygen atoms in total. The van der Waals surface area contributed by atoms with E-state index in [0.29, 0.717) is 27.9 Å². The largest absolute Gasteiger partial charge is 0.455 e. The van der Waals surface area contributed by atoms with Crippen LogP contribution in [-0.4, -0.2) is 37.1 Å². The van der Waals surface area contributed by atoms with Crippen molar-refractivity contribution >= 4 is 22.8 Å². The number of aliphatic hydroxyl groups excluding tert-OH is 1. The van der Waals surface area contributed by atoms with E-state index in [1.807, 2.05) is 55.5 Å². The van der Waals surface area contributed by atoms with Gasteiger partial charge < -0.3 is 20.2 Å². The first-order valence-electron chi connectivity index (χ1n) is 10.4. The fraction of sp³-hybridized carbons (Fsp3) is 0.154. The zero-order chi connectivity index (χ0) is 22.7. The summed E-state index contributed by atoms with van der Waals surface area (Å²) >= 11 is 0. The Hall–Kier alpha value is -3.90. The minimum Gasteiger partial charge on any atom is -0.455 e. The molecule has 4 rings (SSSR count). The average molecular weight is 428 g/mol.